The number of hydrogen-bond acceptors (Lipinski definition) is 4. The summed E-state index contributed by atoms with van der Waals surface area (Å²) in [4.78, 5) is 7.75. The number of rotatable bonds is 5. The summed E-state index contributed by atoms with van der Waals surface area (Å²) in [5.74, 6) is 0. The number of aromatic nitrogens is 1. The fourth-order valence-corrected chi connectivity index (χ4v) is 14.4. The van der Waals surface area contributed by atoms with Crippen LogP contribution in [0.3, 0.4) is 0 Å². The van der Waals surface area contributed by atoms with Crippen molar-refractivity contribution < 1.29 is 4.42 Å². The number of nitrogens with zero attached hydrogens (tertiary/aromatic N) is 4. The van der Waals surface area contributed by atoms with Gasteiger partial charge in [-0.1, -0.05) is 195 Å². The van der Waals surface area contributed by atoms with Gasteiger partial charge in [-0.25, -0.2) is 0 Å². The van der Waals surface area contributed by atoms with Crippen molar-refractivity contribution in [2.75, 3.05) is 14.7 Å². The van der Waals surface area contributed by atoms with Gasteiger partial charge in [0, 0.05) is 66.9 Å². The molecule has 0 bridgehead atoms. The second-order valence-electron chi connectivity index (χ2n) is 30.5. The Morgan fingerprint density at radius 2 is 0.943 bits per heavy atom. The van der Waals surface area contributed by atoms with Crippen LogP contribution in [-0.4, -0.2) is 11.3 Å². The van der Waals surface area contributed by atoms with Gasteiger partial charge in [-0.2, -0.15) is 0 Å². The van der Waals surface area contributed by atoms with Gasteiger partial charge in [0.25, 0.3) is 6.71 Å². The molecule has 0 radical (unpaired) electrons. The van der Waals surface area contributed by atoms with Crippen LogP contribution in [0.1, 0.15) is 137 Å². The van der Waals surface area contributed by atoms with Crippen molar-refractivity contribution in [2.24, 2.45) is 0 Å². The Morgan fingerprint density at radius 1 is 0.391 bits per heavy atom. The zero-order chi connectivity index (χ0) is 60.8. The molecule has 2 aromatic heterocycles. The molecule has 15 rings (SSSR count). The molecule has 3 aliphatic heterocycles. The molecule has 5 heterocycles. The molecule has 0 unspecified atom stereocenters. The summed E-state index contributed by atoms with van der Waals surface area (Å²) in [6, 6.07) is 72.5. The second-order valence-corrected chi connectivity index (χ2v) is 30.5. The van der Waals surface area contributed by atoms with Crippen molar-refractivity contribution in [2.45, 2.75) is 138 Å². The van der Waals surface area contributed by atoms with Gasteiger partial charge < -0.3 is 23.7 Å². The van der Waals surface area contributed by atoms with Crippen molar-refractivity contribution in [1.29, 1.82) is 0 Å². The highest BCUT2D eigenvalue weighted by molar-refractivity contribution is 7.00. The number of furan rings is 1. The maximum absolute atomic E-state index is 6.66. The fraction of sp³-hybridized carbons (Fsp3) is 0.259. The van der Waals surface area contributed by atoms with Crippen molar-refractivity contribution >= 4 is 118 Å². The van der Waals surface area contributed by atoms with Gasteiger partial charge in [0.1, 0.15) is 11.2 Å². The summed E-state index contributed by atoms with van der Waals surface area (Å²) in [5.41, 5.74) is 29.7. The van der Waals surface area contributed by atoms with Gasteiger partial charge in [-0.3, -0.25) is 0 Å². The lowest BCUT2D eigenvalue weighted by atomic mass is 9.33. The van der Waals surface area contributed by atoms with E-state index in [0.717, 1.165) is 61.5 Å². The van der Waals surface area contributed by atoms with Crippen LogP contribution in [0.2, 0.25) is 0 Å². The van der Waals surface area contributed by atoms with E-state index in [9.17, 15) is 0 Å². The van der Waals surface area contributed by atoms with E-state index in [1.165, 1.54) is 100 Å². The predicted molar refractivity (Wildman–Crippen MR) is 374 cm³/mol. The monoisotopic (exact) mass is 1130 g/mol. The van der Waals surface area contributed by atoms with Crippen LogP contribution in [0, 0.1) is 6.92 Å². The molecular formula is C81H79BN4O. The minimum atomic E-state index is -0.155. The van der Waals surface area contributed by atoms with Crippen LogP contribution in [0.25, 0.3) is 60.6 Å². The van der Waals surface area contributed by atoms with E-state index in [4.69, 9.17) is 4.42 Å². The lowest BCUT2D eigenvalue weighted by Crippen LogP contribution is -2.62. The molecule has 0 saturated carbocycles. The molecule has 432 valence electrons. The summed E-state index contributed by atoms with van der Waals surface area (Å²) in [6.45, 7) is 37.2. The van der Waals surface area contributed by atoms with E-state index in [2.05, 4.69) is 318 Å². The summed E-state index contributed by atoms with van der Waals surface area (Å²) in [5, 5.41) is 4.87. The Bertz CT molecular complexity index is 4770. The SMILES string of the molecule is Cc1cc2c3c(c1)N1c4c(cc(C(C)(C)C)cc4-n4c5ccc(C(C)(C)C)cc5c5cc(C(C)(C)C)cc1c54)B3c1ccc(N(c3ccc(C(C)(C)C)cc3)c3ccc(C(C)(C)C)cc3)cc1N2c1ccc(-c2cccc3c2oc2ccccc23)cc1. The molecule has 6 heteroatoms. The van der Waals surface area contributed by atoms with Crippen LogP contribution in [0.5, 0.6) is 0 Å². The molecular weight excluding hydrogens is 1060 g/mol. The average molecular weight is 1140 g/mol. The molecule has 0 amide bonds. The van der Waals surface area contributed by atoms with E-state index < -0.39 is 0 Å². The van der Waals surface area contributed by atoms with E-state index in [0.29, 0.717) is 0 Å². The lowest BCUT2D eigenvalue weighted by Gasteiger charge is -2.47. The second kappa shape index (κ2) is 18.6. The highest BCUT2D eigenvalue weighted by atomic mass is 16.3. The van der Waals surface area contributed by atoms with Crippen molar-refractivity contribution in [3.8, 4) is 16.8 Å². The van der Waals surface area contributed by atoms with E-state index in [1.54, 1.807) is 0 Å². The quantitative estimate of drug-likeness (QED) is 0.161. The zero-order valence-corrected chi connectivity index (χ0v) is 53.7. The third kappa shape index (κ3) is 8.55. The predicted octanol–water partition coefficient (Wildman–Crippen LogP) is 21.0. The molecule has 87 heavy (non-hydrogen) atoms. The van der Waals surface area contributed by atoms with E-state index >= 15 is 0 Å². The Balaban J connectivity index is 1.02. The largest absolute Gasteiger partial charge is 0.455 e. The number of para-hydroxylation sites is 2. The molecule has 0 N–H and O–H groups in total. The van der Waals surface area contributed by atoms with Gasteiger partial charge in [-0.15, -0.1) is 0 Å². The van der Waals surface area contributed by atoms with Crippen LogP contribution < -0.4 is 31.1 Å². The molecule has 10 aromatic carbocycles. The van der Waals surface area contributed by atoms with Crippen LogP contribution >= 0.6 is 0 Å². The molecule has 0 spiro atoms. The molecule has 0 fully saturated rings. The average Bonchev–Trinajstić information content (AvgIpc) is 1.67. The standard InChI is InChI=1S/C81H79BN4O/c1-48-40-68-73-69(41-48)86-70-45-53(80(11,12)13)43-63-62-42-52(79(8,9)10)30-39-66(62)85(74(63)70)71-46-54(81(14,15)16)44-65(75(71)86)82(73)64-38-37-58(83(55-33-26-50(27-34-55)77(2,3)4)56-35-28-51(29-36-56)78(5,6)7)47-67(64)84(68)57-31-24-49(25-32-57)59-21-19-22-61-60-20-17-18-23-72(60)87-76(59)61/h17-47H,1-16H3. The molecule has 5 nitrogen and oxygen atoms in total. The third-order valence-electron chi connectivity index (χ3n) is 19.3. The summed E-state index contributed by atoms with van der Waals surface area (Å²) >= 11 is 0. The van der Waals surface area contributed by atoms with E-state index in [-0.39, 0.29) is 33.8 Å². The van der Waals surface area contributed by atoms with Crippen LogP contribution in [0.4, 0.5) is 51.2 Å². The van der Waals surface area contributed by atoms with Gasteiger partial charge >= 0.3 is 0 Å². The zero-order valence-electron chi connectivity index (χ0n) is 53.7. The summed E-state index contributed by atoms with van der Waals surface area (Å²) in [7, 11) is 0. The lowest BCUT2D eigenvalue weighted by molar-refractivity contribution is 0.590. The maximum atomic E-state index is 6.66. The number of anilines is 9. The van der Waals surface area contributed by atoms with Crippen molar-refractivity contribution in [3.05, 3.63) is 221 Å². The fourth-order valence-electron chi connectivity index (χ4n) is 14.4. The van der Waals surface area contributed by atoms with Crippen molar-refractivity contribution in [3.63, 3.8) is 0 Å². The number of benzene rings is 10. The number of hydrogen-bond donors (Lipinski definition) is 0. The summed E-state index contributed by atoms with van der Waals surface area (Å²) < 4.78 is 9.31. The number of fused-ring (bicyclic) bond motifs is 12. The normalized spacial score (nSPS) is 13.9. The molecule has 0 atom stereocenters. The first-order valence-corrected chi connectivity index (χ1v) is 31.4. The summed E-state index contributed by atoms with van der Waals surface area (Å²) in [6.07, 6.45) is 0. The first-order chi connectivity index (χ1) is 41.2. The van der Waals surface area contributed by atoms with Crippen LogP contribution in [0.15, 0.2) is 192 Å². The minimum absolute atomic E-state index is 0.00873. The van der Waals surface area contributed by atoms with Gasteiger partial charge in [0.2, 0.25) is 0 Å². The molecule has 0 saturated heterocycles. The highest BCUT2D eigenvalue weighted by Crippen LogP contribution is 2.55. The third-order valence-corrected chi connectivity index (χ3v) is 19.3. The maximum Gasteiger partial charge on any atom is 0.252 e. The topological polar surface area (TPSA) is 27.8 Å². The van der Waals surface area contributed by atoms with Crippen LogP contribution in [-0.2, 0) is 27.1 Å². The van der Waals surface area contributed by atoms with Gasteiger partial charge in [0.05, 0.1) is 28.1 Å². The highest BCUT2D eigenvalue weighted by Gasteiger charge is 2.47. The Hall–Kier alpha value is -8.74. The molecule has 0 aliphatic carbocycles. The van der Waals surface area contributed by atoms with Gasteiger partial charge in [0.15, 0.2) is 0 Å². The van der Waals surface area contributed by atoms with Gasteiger partial charge in [-0.05, 0) is 186 Å². The molecule has 3 aliphatic rings. The first kappa shape index (κ1) is 54.9. The Labute approximate surface area is 515 Å². The minimum Gasteiger partial charge on any atom is -0.455 e. The Kier molecular flexibility index (Phi) is 11.8. The first-order valence-electron chi connectivity index (χ1n) is 31.4. The molecule has 12 aromatic rings. The number of aryl methyl sites for hydroxylation is 1. The Morgan fingerprint density at radius 3 is 1.57 bits per heavy atom. The smallest absolute Gasteiger partial charge is 0.252 e. The van der Waals surface area contributed by atoms with Crippen molar-refractivity contribution in [1.82, 2.24) is 4.57 Å². The van der Waals surface area contributed by atoms with E-state index in [1.807, 2.05) is 0 Å².